The van der Waals surface area contributed by atoms with Crippen molar-refractivity contribution in [1.82, 2.24) is 0 Å². The summed E-state index contributed by atoms with van der Waals surface area (Å²) in [6.07, 6.45) is 2.21. The van der Waals surface area contributed by atoms with Crippen LogP contribution in [0.15, 0.2) is 35.5 Å². The van der Waals surface area contributed by atoms with Gasteiger partial charge < -0.3 is 18.9 Å². The van der Waals surface area contributed by atoms with Gasteiger partial charge in [0.25, 0.3) is 0 Å². The zero-order valence-electron chi connectivity index (χ0n) is 17.5. The summed E-state index contributed by atoms with van der Waals surface area (Å²) in [5, 5.41) is 0. The standard InChI is InChI=1S/C22H28O7/c1-7-11(2)20(24)27-17-15-13(4)21(25)28-18(15)19-22(6,29-19)10-8-9-12(3)16(17)26-14(5)23/h7,9,15-19H,4,8,10H2,1-3,5-6H3/b11-7-,12-9-/t15-,16-,17+,18+,19-,22-/m1/s1. The Kier molecular flexibility index (Phi) is 5.72. The third-order valence-corrected chi connectivity index (χ3v) is 6.00. The number of ether oxygens (including phenoxy) is 4. The summed E-state index contributed by atoms with van der Waals surface area (Å²) in [6, 6.07) is 0. The van der Waals surface area contributed by atoms with Crippen LogP contribution in [0, 0.1) is 5.92 Å². The first-order valence-electron chi connectivity index (χ1n) is 9.84. The molecule has 2 aliphatic heterocycles. The quantitative estimate of drug-likeness (QED) is 0.235. The van der Waals surface area contributed by atoms with Gasteiger partial charge in [-0.3, -0.25) is 4.79 Å². The molecule has 0 bridgehead atoms. The number of rotatable bonds is 3. The molecular weight excluding hydrogens is 376 g/mol. The number of allylic oxidation sites excluding steroid dienone is 2. The number of epoxide rings is 1. The van der Waals surface area contributed by atoms with Gasteiger partial charge in [0.1, 0.15) is 12.2 Å². The Hall–Kier alpha value is -2.41. The molecule has 0 amide bonds. The molecule has 3 aliphatic rings. The molecule has 158 valence electrons. The van der Waals surface area contributed by atoms with E-state index in [1.165, 1.54) is 6.92 Å². The lowest BCUT2D eigenvalue weighted by Crippen LogP contribution is -2.46. The summed E-state index contributed by atoms with van der Waals surface area (Å²) in [7, 11) is 0. The molecule has 3 rings (SSSR count). The molecule has 7 heteroatoms. The minimum Gasteiger partial charge on any atom is -0.455 e. The van der Waals surface area contributed by atoms with E-state index in [1.54, 1.807) is 19.9 Å². The molecule has 0 radical (unpaired) electrons. The molecule has 0 N–H and O–H groups in total. The van der Waals surface area contributed by atoms with Crippen molar-refractivity contribution in [2.75, 3.05) is 0 Å². The maximum atomic E-state index is 12.6. The Balaban J connectivity index is 2.08. The van der Waals surface area contributed by atoms with Crippen molar-refractivity contribution in [3.05, 3.63) is 35.5 Å². The summed E-state index contributed by atoms with van der Waals surface area (Å²) < 4.78 is 22.9. The molecule has 0 aromatic heterocycles. The molecule has 2 heterocycles. The average molecular weight is 404 g/mol. The van der Waals surface area contributed by atoms with E-state index in [2.05, 4.69) is 6.58 Å². The fourth-order valence-electron chi connectivity index (χ4n) is 4.07. The molecular formula is C22H28O7. The van der Waals surface area contributed by atoms with E-state index in [4.69, 9.17) is 18.9 Å². The normalized spacial score (nSPS) is 38.7. The predicted molar refractivity (Wildman–Crippen MR) is 104 cm³/mol. The number of carbonyl (C=O) groups is 3. The lowest BCUT2D eigenvalue weighted by atomic mass is 9.80. The van der Waals surface area contributed by atoms with Crippen LogP contribution in [-0.2, 0) is 33.3 Å². The van der Waals surface area contributed by atoms with E-state index in [9.17, 15) is 14.4 Å². The third kappa shape index (κ3) is 4.01. The van der Waals surface area contributed by atoms with Crippen molar-refractivity contribution in [1.29, 1.82) is 0 Å². The van der Waals surface area contributed by atoms with E-state index >= 15 is 0 Å². The first-order chi connectivity index (χ1) is 13.6. The van der Waals surface area contributed by atoms with Crippen molar-refractivity contribution in [3.8, 4) is 0 Å². The maximum Gasteiger partial charge on any atom is 0.334 e. The highest BCUT2D eigenvalue weighted by Gasteiger charge is 2.64. The van der Waals surface area contributed by atoms with Crippen molar-refractivity contribution >= 4 is 17.9 Å². The van der Waals surface area contributed by atoms with Crippen LogP contribution in [0.4, 0.5) is 0 Å². The van der Waals surface area contributed by atoms with Gasteiger partial charge in [-0.15, -0.1) is 0 Å². The van der Waals surface area contributed by atoms with Crippen LogP contribution < -0.4 is 0 Å². The van der Waals surface area contributed by atoms with Gasteiger partial charge in [0.2, 0.25) is 0 Å². The highest BCUT2D eigenvalue weighted by atomic mass is 16.7. The van der Waals surface area contributed by atoms with Gasteiger partial charge in [-0.25, -0.2) is 9.59 Å². The number of fused-ring (bicyclic) bond motifs is 3. The van der Waals surface area contributed by atoms with Crippen molar-refractivity contribution in [3.63, 3.8) is 0 Å². The zero-order chi connectivity index (χ0) is 21.5. The molecule has 0 saturated carbocycles. The Bertz CT molecular complexity index is 808. The summed E-state index contributed by atoms with van der Waals surface area (Å²) in [5.74, 6) is -2.30. The van der Waals surface area contributed by atoms with Crippen molar-refractivity contribution in [2.24, 2.45) is 5.92 Å². The number of hydrogen-bond donors (Lipinski definition) is 0. The van der Waals surface area contributed by atoms with Gasteiger partial charge in [-0.1, -0.05) is 18.7 Å². The zero-order valence-corrected chi connectivity index (χ0v) is 17.5. The van der Waals surface area contributed by atoms with Crippen molar-refractivity contribution < 1.29 is 33.3 Å². The Morgan fingerprint density at radius 2 is 2.00 bits per heavy atom. The molecule has 0 aromatic rings. The number of carbonyl (C=O) groups excluding carboxylic acids is 3. The van der Waals surface area contributed by atoms with E-state index in [0.717, 1.165) is 12.0 Å². The predicted octanol–water partition coefficient (Wildman–Crippen LogP) is 2.79. The molecule has 6 atom stereocenters. The second kappa shape index (κ2) is 7.78. The Labute approximate surface area is 170 Å². The van der Waals surface area contributed by atoms with E-state index in [0.29, 0.717) is 12.0 Å². The minimum atomic E-state index is -0.965. The summed E-state index contributed by atoms with van der Waals surface area (Å²) in [5.41, 5.74) is 0.913. The van der Waals surface area contributed by atoms with Gasteiger partial charge >= 0.3 is 17.9 Å². The molecule has 2 fully saturated rings. The highest BCUT2D eigenvalue weighted by Crippen LogP contribution is 2.50. The molecule has 29 heavy (non-hydrogen) atoms. The molecule has 0 unspecified atom stereocenters. The first kappa shape index (κ1) is 21.3. The lowest BCUT2D eigenvalue weighted by Gasteiger charge is -2.33. The SMILES string of the molecule is C=C1C(=O)O[C@H]2[C@H]1[C@H](OC(=O)/C(C)=C\C)[C@H](OC(C)=O)/C(C)=C\CC[C@@]1(C)O[C@H]21. The van der Waals surface area contributed by atoms with Crippen LogP contribution >= 0.6 is 0 Å². The van der Waals surface area contributed by atoms with Crippen molar-refractivity contribution in [2.45, 2.75) is 77.5 Å². The van der Waals surface area contributed by atoms with E-state index in [1.807, 2.05) is 19.9 Å². The van der Waals surface area contributed by atoms with Crippen LogP contribution in [0.5, 0.6) is 0 Å². The van der Waals surface area contributed by atoms with E-state index < -0.39 is 47.7 Å². The van der Waals surface area contributed by atoms with Gasteiger partial charge in [0, 0.05) is 18.1 Å². The van der Waals surface area contributed by atoms with Gasteiger partial charge in [0.05, 0.1) is 11.5 Å². The van der Waals surface area contributed by atoms with Crippen LogP contribution in [-0.4, -0.2) is 47.9 Å². The van der Waals surface area contributed by atoms with Crippen LogP contribution in [0.25, 0.3) is 0 Å². The fraction of sp³-hybridized carbons (Fsp3) is 0.591. The summed E-state index contributed by atoms with van der Waals surface area (Å²) in [4.78, 5) is 36.9. The van der Waals surface area contributed by atoms with E-state index in [-0.39, 0.29) is 11.7 Å². The molecule has 2 saturated heterocycles. The second-order valence-electron chi connectivity index (χ2n) is 8.13. The number of esters is 3. The fourth-order valence-corrected chi connectivity index (χ4v) is 4.07. The minimum absolute atomic E-state index is 0.189. The maximum absolute atomic E-state index is 12.6. The molecule has 0 aromatic carbocycles. The Morgan fingerprint density at radius 3 is 2.62 bits per heavy atom. The Morgan fingerprint density at radius 1 is 1.31 bits per heavy atom. The number of hydrogen-bond acceptors (Lipinski definition) is 7. The second-order valence-corrected chi connectivity index (χ2v) is 8.13. The monoisotopic (exact) mass is 404 g/mol. The summed E-state index contributed by atoms with van der Waals surface area (Å²) in [6.45, 7) is 12.3. The van der Waals surface area contributed by atoms with Gasteiger partial charge in [-0.05, 0) is 46.1 Å². The van der Waals surface area contributed by atoms with Gasteiger partial charge in [0.15, 0.2) is 12.2 Å². The molecule has 0 spiro atoms. The van der Waals surface area contributed by atoms with Crippen LogP contribution in [0.3, 0.4) is 0 Å². The van der Waals surface area contributed by atoms with Crippen LogP contribution in [0.2, 0.25) is 0 Å². The topological polar surface area (TPSA) is 91.4 Å². The molecule has 7 nitrogen and oxygen atoms in total. The van der Waals surface area contributed by atoms with Gasteiger partial charge in [-0.2, -0.15) is 0 Å². The lowest BCUT2D eigenvalue weighted by molar-refractivity contribution is -0.166. The third-order valence-electron chi connectivity index (χ3n) is 6.00. The first-order valence-corrected chi connectivity index (χ1v) is 9.84. The van der Waals surface area contributed by atoms with Crippen LogP contribution in [0.1, 0.15) is 47.5 Å². The summed E-state index contributed by atoms with van der Waals surface area (Å²) >= 11 is 0. The average Bonchev–Trinajstić information content (AvgIpc) is 3.24. The molecule has 1 aliphatic carbocycles. The largest absolute Gasteiger partial charge is 0.455 e. The smallest absolute Gasteiger partial charge is 0.334 e. The highest BCUT2D eigenvalue weighted by molar-refractivity contribution is 5.92.